The largest absolute Gasteiger partial charge is 0.465 e. The van der Waals surface area contributed by atoms with Gasteiger partial charge in [0, 0.05) is 19.6 Å². The first-order valence-corrected chi connectivity index (χ1v) is 6.87. The van der Waals surface area contributed by atoms with E-state index in [1.54, 1.807) is 6.07 Å². The number of carbonyl (C=O) groups is 1. The maximum Gasteiger partial charge on any atom is 0.338 e. The van der Waals surface area contributed by atoms with Crippen molar-refractivity contribution < 1.29 is 9.53 Å². The minimum absolute atomic E-state index is 0.184. The van der Waals surface area contributed by atoms with E-state index in [4.69, 9.17) is 4.74 Å². The van der Waals surface area contributed by atoms with Gasteiger partial charge in [0.15, 0.2) is 0 Å². The first-order valence-electron chi connectivity index (χ1n) is 6.87. The molecular weight excluding hydrogens is 252 g/mol. The molecule has 0 saturated carbocycles. The predicted octanol–water partition coefficient (Wildman–Crippen LogP) is 2.15. The van der Waals surface area contributed by atoms with Gasteiger partial charge in [0.1, 0.15) is 0 Å². The maximum absolute atomic E-state index is 11.7. The summed E-state index contributed by atoms with van der Waals surface area (Å²) in [5.74, 6) is -0.282. The van der Waals surface area contributed by atoms with Crippen LogP contribution in [-0.4, -0.2) is 45.2 Å². The molecule has 0 fully saturated rings. The molecule has 0 aliphatic carbocycles. The minimum atomic E-state index is -0.282. The number of nitrogens with one attached hydrogen (secondary N) is 1. The molecule has 0 aliphatic rings. The number of benzene rings is 1. The van der Waals surface area contributed by atoms with Gasteiger partial charge in [0.25, 0.3) is 0 Å². The van der Waals surface area contributed by atoms with E-state index in [-0.39, 0.29) is 11.4 Å². The first-order chi connectivity index (χ1) is 9.35. The number of ether oxygens (including phenoxy) is 1. The number of hydrogen-bond donors (Lipinski definition) is 1. The molecule has 0 saturated heterocycles. The fraction of sp³-hybridized carbons (Fsp3) is 0.562. The molecule has 1 N–H and O–H groups in total. The Hall–Kier alpha value is -1.39. The molecule has 0 heterocycles. The molecule has 4 nitrogen and oxygen atoms in total. The van der Waals surface area contributed by atoms with Crippen LogP contribution in [0.25, 0.3) is 0 Å². The van der Waals surface area contributed by atoms with Gasteiger partial charge in [0.2, 0.25) is 0 Å². The Morgan fingerprint density at radius 2 is 1.95 bits per heavy atom. The van der Waals surface area contributed by atoms with Gasteiger partial charge in [-0.1, -0.05) is 32.0 Å². The van der Waals surface area contributed by atoms with Crippen molar-refractivity contribution in [2.45, 2.75) is 20.4 Å². The molecule has 20 heavy (non-hydrogen) atoms. The highest BCUT2D eigenvalue weighted by molar-refractivity contribution is 5.90. The highest BCUT2D eigenvalue weighted by Gasteiger charge is 2.18. The normalized spacial score (nSPS) is 11.7. The van der Waals surface area contributed by atoms with Crippen molar-refractivity contribution in [1.82, 2.24) is 10.2 Å². The lowest BCUT2D eigenvalue weighted by atomic mass is 9.93. The third-order valence-electron chi connectivity index (χ3n) is 3.09. The Balaban J connectivity index is 2.60. The third kappa shape index (κ3) is 5.31. The van der Waals surface area contributed by atoms with Gasteiger partial charge in [-0.05, 0) is 31.1 Å². The van der Waals surface area contributed by atoms with Gasteiger partial charge < -0.3 is 15.0 Å². The molecule has 0 amide bonds. The van der Waals surface area contributed by atoms with E-state index in [0.717, 1.165) is 18.7 Å². The van der Waals surface area contributed by atoms with Crippen molar-refractivity contribution in [3.05, 3.63) is 35.4 Å². The van der Waals surface area contributed by atoms with E-state index in [1.165, 1.54) is 7.11 Å². The monoisotopic (exact) mass is 278 g/mol. The lowest BCUT2D eigenvalue weighted by Crippen LogP contribution is -2.37. The summed E-state index contributed by atoms with van der Waals surface area (Å²) >= 11 is 0. The molecular formula is C16H26N2O2. The Labute approximate surface area is 122 Å². The predicted molar refractivity (Wildman–Crippen MR) is 81.8 cm³/mol. The van der Waals surface area contributed by atoms with E-state index in [0.29, 0.717) is 12.1 Å². The average molecular weight is 278 g/mol. The SMILES string of the molecule is COC(=O)c1ccccc1CNCC(C)(C)CN(C)C. The van der Waals surface area contributed by atoms with Gasteiger partial charge in [-0.25, -0.2) is 4.79 Å². The highest BCUT2D eigenvalue weighted by atomic mass is 16.5. The summed E-state index contributed by atoms with van der Waals surface area (Å²) in [5.41, 5.74) is 1.79. The van der Waals surface area contributed by atoms with Gasteiger partial charge in [-0.3, -0.25) is 0 Å². The quantitative estimate of drug-likeness (QED) is 0.776. The molecule has 4 heteroatoms. The van der Waals surface area contributed by atoms with Crippen LogP contribution in [0.1, 0.15) is 29.8 Å². The van der Waals surface area contributed by atoms with Crippen LogP contribution in [0.2, 0.25) is 0 Å². The molecule has 112 valence electrons. The number of carbonyl (C=O) groups excluding carboxylic acids is 1. The van der Waals surface area contributed by atoms with Crippen LogP contribution >= 0.6 is 0 Å². The van der Waals surface area contributed by atoms with Crippen molar-refractivity contribution in [3.8, 4) is 0 Å². The second kappa shape index (κ2) is 7.41. The van der Waals surface area contributed by atoms with Crippen molar-refractivity contribution in [1.29, 1.82) is 0 Å². The average Bonchev–Trinajstić information content (AvgIpc) is 2.36. The number of nitrogens with zero attached hydrogens (tertiary/aromatic N) is 1. The zero-order chi connectivity index (χ0) is 15.2. The second-order valence-corrected chi connectivity index (χ2v) is 6.15. The van der Waals surface area contributed by atoms with Gasteiger partial charge in [-0.2, -0.15) is 0 Å². The van der Waals surface area contributed by atoms with Crippen molar-refractivity contribution in [2.75, 3.05) is 34.3 Å². The highest BCUT2D eigenvalue weighted by Crippen LogP contribution is 2.15. The molecule has 0 unspecified atom stereocenters. The number of esters is 1. The van der Waals surface area contributed by atoms with Crippen LogP contribution in [-0.2, 0) is 11.3 Å². The molecule has 0 aliphatic heterocycles. The van der Waals surface area contributed by atoms with Gasteiger partial charge in [0.05, 0.1) is 12.7 Å². The van der Waals surface area contributed by atoms with E-state index in [2.05, 4.69) is 38.2 Å². The molecule has 0 spiro atoms. The second-order valence-electron chi connectivity index (χ2n) is 6.15. The number of hydrogen-bond acceptors (Lipinski definition) is 4. The Kier molecular flexibility index (Phi) is 6.17. The fourth-order valence-corrected chi connectivity index (χ4v) is 2.43. The summed E-state index contributed by atoms with van der Waals surface area (Å²) in [5, 5.41) is 3.43. The van der Waals surface area contributed by atoms with Crippen LogP contribution in [0.4, 0.5) is 0 Å². The van der Waals surface area contributed by atoms with E-state index >= 15 is 0 Å². The van der Waals surface area contributed by atoms with E-state index < -0.39 is 0 Å². The summed E-state index contributed by atoms with van der Waals surface area (Å²) in [6.45, 7) is 7.03. The third-order valence-corrected chi connectivity index (χ3v) is 3.09. The Bertz CT molecular complexity index is 442. The maximum atomic E-state index is 11.7. The topological polar surface area (TPSA) is 41.6 Å². The Morgan fingerprint density at radius 3 is 2.55 bits per heavy atom. The molecule has 0 aromatic heterocycles. The summed E-state index contributed by atoms with van der Waals surface area (Å²) < 4.78 is 4.80. The minimum Gasteiger partial charge on any atom is -0.465 e. The molecule has 1 aromatic rings. The molecule has 1 rings (SSSR count). The zero-order valence-electron chi connectivity index (χ0n) is 13.2. The summed E-state index contributed by atoms with van der Waals surface area (Å²) in [4.78, 5) is 13.9. The van der Waals surface area contributed by atoms with Crippen LogP contribution in [0.15, 0.2) is 24.3 Å². The summed E-state index contributed by atoms with van der Waals surface area (Å²) in [7, 11) is 5.56. The van der Waals surface area contributed by atoms with Crippen LogP contribution in [0.3, 0.4) is 0 Å². The Morgan fingerprint density at radius 1 is 1.30 bits per heavy atom. The molecule has 0 bridgehead atoms. The van der Waals surface area contributed by atoms with Crippen LogP contribution in [0.5, 0.6) is 0 Å². The van der Waals surface area contributed by atoms with Crippen molar-refractivity contribution in [2.24, 2.45) is 5.41 Å². The lowest BCUT2D eigenvalue weighted by Gasteiger charge is -2.28. The molecule has 0 radical (unpaired) electrons. The fourth-order valence-electron chi connectivity index (χ4n) is 2.43. The number of rotatable bonds is 7. The summed E-state index contributed by atoms with van der Waals surface area (Å²) in [6, 6.07) is 7.55. The standard InChI is InChI=1S/C16H26N2O2/c1-16(2,12-18(3)4)11-17-10-13-8-6-7-9-14(13)15(19)20-5/h6-9,17H,10-12H2,1-5H3. The van der Waals surface area contributed by atoms with Crippen molar-refractivity contribution in [3.63, 3.8) is 0 Å². The zero-order valence-corrected chi connectivity index (χ0v) is 13.2. The number of methoxy groups -OCH3 is 1. The molecule has 0 atom stereocenters. The van der Waals surface area contributed by atoms with Crippen LogP contribution in [0, 0.1) is 5.41 Å². The van der Waals surface area contributed by atoms with E-state index in [1.807, 2.05) is 18.2 Å². The van der Waals surface area contributed by atoms with Gasteiger partial charge in [-0.15, -0.1) is 0 Å². The van der Waals surface area contributed by atoms with Crippen molar-refractivity contribution >= 4 is 5.97 Å². The van der Waals surface area contributed by atoms with E-state index in [9.17, 15) is 4.79 Å². The lowest BCUT2D eigenvalue weighted by molar-refractivity contribution is 0.0599. The first kappa shape index (κ1) is 16.7. The molecule has 1 aromatic carbocycles. The van der Waals surface area contributed by atoms with Gasteiger partial charge >= 0.3 is 5.97 Å². The summed E-state index contributed by atoms with van der Waals surface area (Å²) in [6.07, 6.45) is 0. The van der Waals surface area contributed by atoms with Crippen LogP contribution < -0.4 is 5.32 Å². The smallest absolute Gasteiger partial charge is 0.338 e.